The van der Waals surface area contributed by atoms with Crippen LogP contribution in [0.25, 0.3) is 43.1 Å². The van der Waals surface area contributed by atoms with Crippen molar-refractivity contribution >= 4 is 59.0 Å². The van der Waals surface area contributed by atoms with E-state index >= 15 is 0 Å². The summed E-state index contributed by atoms with van der Waals surface area (Å²) in [6, 6.07) is 38.5. The summed E-state index contributed by atoms with van der Waals surface area (Å²) >= 11 is 3.62. The summed E-state index contributed by atoms with van der Waals surface area (Å²) in [5.41, 5.74) is 1.35. The van der Waals surface area contributed by atoms with E-state index in [0.717, 1.165) is 4.47 Å². The van der Waals surface area contributed by atoms with Gasteiger partial charge in [0.05, 0.1) is 0 Å². The number of halogens is 1. The Bertz CT molecular complexity index is 1390. The Morgan fingerprint density at radius 3 is 1.43 bits per heavy atom. The summed E-state index contributed by atoms with van der Waals surface area (Å²) in [7, 11) is 0. The molecule has 6 aromatic carbocycles. The van der Waals surface area contributed by atoms with Crippen molar-refractivity contribution in [1.82, 2.24) is 0 Å². The molecule has 0 aliphatic rings. The van der Waals surface area contributed by atoms with E-state index in [2.05, 4.69) is 132 Å². The van der Waals surface area contributed by atoms with Crippen molar-refractivity contribution < 1.29 is 0 Å². The predicted molar refractivity (Wildman–Crippen MR) is 135 cm³/mol. The molecule has 0 saturated heterocycles. The topological polar surface area (TPSA) is 0 Å². The number of rotatable bonds is 0. The molecule has 0 saturated carbocycles. The molecule has 6 aromatic rings. The first-order valence-corrected chi connectivity index (χ1v) is 10.9. The summed E-state index contributed by atoms with van der Waals surface area (Å²) in [6.07, 6.45) is 0. The second-order valence-electron chi connectivity index (χ2n) is 7.59. The lowest BCUT2D eigenvalue weighted by atomic mass is 9.98. The first-order chi connectivity index (χ1) is 14.7. The maximum Gasteiger partial charge on any atom is 0.0260 e. The number of hydrogen-bond acceptors (Lipinski definition) is 0. The molecule has 0 fully saturated rings. The lowest BCUT2D eigenvalue weighted by molar-refractivity contribution is 1.56. The van der Waals surface area contributed by atoms with Crippen molar-refractivity contribution in [2.45, 2.75) is 6.92 Å². The van der Waals surface area contributed by atoms with Gasteiger partial charge in [-0.3, -0.25) is 0 Å². The van der Waals surface area contributed by atoms with Crippen LogP contribution in [0.1, 0.15) is 5.56 Å². The van der Waals surface area contributed by atoms with Crippen LogP contribution in [0.15, 0.2) is 114 Å². The zero-order valence-corrected chi connectivity index (χ0v) is 18.4. The first-order valence-electron chi connectivity index (χ1n) is 10.2. The summed E-state index contributed by atoms with van der Waals surface area (Å²) < 4.78 is 1.16. The van der Waals surface area contributed by atoms with Gasteiger partial charge in [0.2, 0.25) is 0 Å². The monoisotopic (exact) mass is 448 g/mol. The molecule has 0 spiro atoms. The summed E-state index contributed by atoms with van der Waals surface area (Å²) in [6.45, 7) is 2.18. The molecule has 0 N–H and O–H groups in total. The SMILES string of the molecule is Brc1cc2ccccc2c2ccccc12.Cc1cc2ccccc2c2ccccc12. The zero-order valence-electron chi connectivity index (χ0n) is 16.8. The van der Waals surface area contributed by atoms with Gasteiger partial charge in [-0.15, -0.1) is 0 Å². The minimum absolute atomic E-state index is 1.16. The van der Waals surface area contributed by atoms with Crippen LogP contribution >= 0.6 is 15.9 Å². The summed E-state index contributed by atoms with van der Waals surface area (Å²) in [5, 5.41) is 10.6. The molecule has 0 heterocycles. The predicted octanol–water partition coefficient (Wildman–Crippen LogP) is 9.06. The Morgan fingerprint density at radius 1 is 0.433 bits per heavy atom. The van der Waals surface area contributed by atoms with Gasteiger partial charge in [0, 0.05) is 4.47 Å². The number of aryl methyl sites for hydroxylation is 1. The largest absolute Gasteiger partial charge is 0.0616 e. The van der Waals surface area contributed by atoms with E-state index in [-0.39, 0.29) is 0 Å². The minimum atomic E-state index is 1.16. The molecule has 0 aliphatic heterocycles. The highest BCUT2D eigenvalue weighted by Crippen LogP contribution is 2.31. The van der Waals surface area contributed by atoms with Gasteiger partial charge in [0.1, 0.15) is 0 Å². The number of fused-ring (bicyclic) bond motifs is 6. The van der Waals surface area contributed by atoms with E-state index in [9.17, 15) is 0 Å². The molecule has 0 aliphatic carbocycles. The van der Waals surface area contributed by atoms with Gasteiger partial charge in [-0.1, -0.05) is 119 Å². The first kappa shape index (κ1) is 18.8. The Labute approximate surface area is 184 Å². The Balaban J connectivity index is 0.000000128. The second-order valence-corrected chi connectivity index (χ2v) is 8.44. The third kappa shape index (κ3) is 3.36. The molecule has 0 atom stereocenters. The van der Waals surface area contributed by atoms with Crippen molar-refractivity contribution in [1.29, 1.82) is 0 Å². The quantitative estimate of drug-likeness (QED) is 0.203. The van der Waals surface area contributed by atoms with Gasteiger partial charge in [-0.2, -0.15) is 0 Å². The molecule has 0 aromatic heterocycles. The smallest absolute Gasteiger partial charge is 0.0260 e. The van der Waals surface area contributed by atoms with Crippen LogP contribution in [0.4, 0.5) is 0 Å². The fourth-order valence-corrected chi connectivity index (χ4v) is 4.84. The highest BCUT2D eigenvalue weighted by molar-refractivity contribution is 9.10. The van der Waals surface area contributed by atoms with Gasteiger partial charge in [0.25, 0.3) is 0 Å². The third-order valence-electron chi connectivity index (χ3n) is 5.69. The van der Waals surface area contributed by atoms with Crippen LogP contribution in [-0.4, -0.2) is 0 Å². The molecule has 6 rings (SSSR count). The molecule has 1 heteroatoms. The van der Waals surface area contributed by atoms with Crippen LogP contribution < -0.4 is 0 Å². The van der Waals surface area contributed by atoms with Crippen LogP contribution in [0.2, 0.25) is 0 Å². The van der Waals surface area contributed by atoms with Crippen LogP contribution in [0, 0.1) is 6.92 Å². The standard InChI is InChI=1S/C15H12.C14H9Br/c1-11-10-12-6-2-3-8-14(12)15-9-5-4-7-13(11)15;15-14-9-10-5-1-2-6-11(10)12-7-3-4-8-13(12)14/h2-10H,1H3;1-9H. The Hall–Kier alpha value is -3.16. The third-order valence-corrected chi connectivity index (χ3v) is 6.35. The van der Waals surface area contributed by atoms with E-state index in [4.69, 9.17) is 0 Å². The van der Waals surface area contributed by atoms with E-state index in [1.165, 1.54) is 48.7 Å². The number of benzene rings is 6. The van der Waals surface area contributed by atoms with Gasteiger partial charge >= 0.3 is 0 Å². The van der Waals surface area contributed by atoms with Crippen molar-refractivity contribution in [2.24, 2.45) is 0 Å². The highest BCUT2D eigenvalue weighted by Gasteiger charge is 2.03. The second kappa shape index (κ2) is 7.93. The molecule has 0 radical (unpaired) electrons. The van der Waals surface area contributed by atoms with E-state index < -0.39 is 0 Å². The fourth-order valence-electron chi connectivity index (χ4n) is 4.25. The summed E-state index contributed by atoms with van der Waals surface area (Å²) in [4.78, 5) is 0. The Kier molecular flexibility index (Phi) is 4.98. The van der Waals surface area contributed by atoms with Crippen molar-refractivity contribution in [2.75, 3.05) is 0 Å². The lowest BCUT2D eigenvalue weighted by Crippen LogP contribution is -1.81. The average molecular weight is 449 g/mol. The maximum atomic E-state index is 3.62. The molecule has 30 heavy (non-hydrogen) atoms. The number of hydrogen-bond donors (Lipinski definition) is 0. The van der Waals surface area contributed by atoms with Crippen LogP contribution in [-0.2, 0) is 0 Å². The zero-order chi connectivity index (χ0) is 20.5. The summed E-state index contributed by atoms with van der Waals surface area (Å²) in [5.74, 6) is 0. The maximum absolute atomic E-state index is 3.62. The van der Waals surface area contributed by atoms with Crippen LogP contribution in [0.3, 0.4) is 0 Å². The van der Waals surface area contributed by atoms with Gasteiger partial charge in [0.15, 0.2) is 0 Å². The average Bonchev–Trinajstić information content (AvgIpc) is 2.80. The van der Waals surface area contributed by atoms with Crippen molar-refractivity contribution in [3.05, 3.63) is 119 Å². The fraction of sp³-hybridized carbons (Fsp3) is 0.0345. The van der Waals surface area contributed by atoms with Crippen LogP contribution in [0.5, 0.6) is 0 Å². The molecule has 0 bridgehead atoms. The molecule has 0 nitrogen and oxygen atoms in total. The molecule has 144 valence electrons. The molecular formula is C29H21Br. The molecule has 0 amide bonds. The minimum Gasteiger partial charge on any atom is -0.0616 e. The lowest BCUT2D eigenvalue weighted by Gasteiger charge is -2.06. The molecule has 0 unspecified atom stereocenters. The van der Waals surface area contributed by atoms with Gasteiger partial charge in [-0.25, -0.2) is 0 Å². The van der Waals surface area contributed by atoms with Gasteiger partial charge in [-0.05, 0) is 61.6 Å². The highest BCUT2D eigenvalue weighted by atomic mass is 79.9. The van der Waals surface area contributed by atoms with Crippen molar-refractivity contribution in [3.63, 3.8) is 0 Å². The van der Waals surface area contributed by atoms with E-state index in [1.807, 2.05) is 0 Å². The van der Waals surface area contributed by atoms with Gasteiger partial charge < -0.3 is 0 Å². The normalized spacial score (nSPS) is 11.0. The molecular weight excluding hydrogens is 428 g/mol. The van der Waals surface area contributed by atoms with E-state index in [0.29, 0.717) is 0 Å². The Morgan fingerprint density at radius 2 is 0.833 bits per heavy atom. The van der Waals surface area contributed by atoms with Crippen molar-refractivity contribution in [3.8, 4) is 0 Å². The van der Waals surface area contributed by atoms with E-state index in [1.54, 1.807) is 0 Å².